The number of aryl methyl sites for hydroxylation is 2. The summed E-state index contributed by atoms with van der Waals surface area (Å²) in [5.41, 5.74) is 2.44. The van der Waals surface area contributed by atoms with Gasteiger partial charge < -0.3 is 14.4 Å². The van der Waals surface area contributed by atoms with Crippen LogP contribution in [0.25, 0.3) is 10.6 Å². The van der Waals surface area contributed by atoms with Crippen LogP contribution in [-0.2, 0) is 21.7 Å². The van der Waals surface area contributed by atoms with Crippen molar-refractivity contribution < 1.29 is 14.6 Å². The Morgan fingerprint density at radius 3 is 2.44 bits per heavy atom. The first-order chi connectivity index (χ1) is 12.5. The molecule has 0 aliphatic heterocycles. The Hall–Kier alpha value is -1.11. The summed E-state index contributed by atoms with van der Waals surface area (Å²) in [6, 6.07) is 15.4. The van der Waals surface area contributed by atoms with Crippen molar-refractivity contribution in [2.75, 3.05) is 6.61 Å². The van der Waals surface area contributed by atoms with Crippen LogP contribution < -0.4 is 0 Å². The molecule has 6 heteroatoms. The Morgan fingerprint density at radius 1 is 1.19 bits per heavy atom. The smallest absolute Gasteiger partial charge is 0.342 e. The molecule has 2 radical (unpaired) electrons. The van der Waals surface area contributed by atoms with E-state index in [0.29, 0.717) is 12.2 Å². The molecule has 0 amide bonds. The number of hydrogen-bond donors (Lipinski definition) is 1. The van der Waals surface area contributed by atoms with Crippen molar-refractivity contribution in [3.8, 4) is 10.6 Å². The van der Waals surface area contributed by atoms with Crippen molar-refractivity contribution in [2.45, 2.75) is 32.9 Å². The Kier molecular flexibility index (Phi) is 7.72. The van der Waals surface area contributed by atoms with Crippen LogP contribution >= 0.6 is 11.3 Å². The van der Waals surface area contributed by atoms with Crippen LogP contribution in [0.5, 0.6) is 0 Å². The fourth-order valence-corrected chi connectivity index (χ4v) is 4.14. The largest absolute Gasteiger partial charge is 0.479 e. The van der Waals surface area contributed by atoms with Crippen molar-refractivity contribution in [2.24, 2.45) is 0 Å². The first kappa shape index (κ1) is 22.2. The zero-order valence-corrected chi connectivity index (χ0v) is 19.0. The molecule has 0 fully saturated rings. The summed E-state index contributed by atoms with van der Waals surface area (Å²) in [5, 5.41) is 12.2. The molecule has 0 saturated carbocycles. The number of hydrogen-bond acceptors (Lipinski definition) is 3. The van der Waals surface area contributed by atoms with Gasteiger partial charge in [0.2, 0.25) is 5.60 Å². The van der Waals surface area contributed by atoms with E-state index in [1.807, 2.05) is 60.9 Å². The van der Waals surface area contributed by atoms with E-state index in [1.165, 1.54) is 5.56 Å². The fourth-order valence-electron chi connectivity index (χ4n) is 3.21. The van der Waals surface area contributed by atoms with Crippen LogP contribution in [0, 0.1) is 13.8 Å². The number of aromatic nitrogens is 1. The molecule has 2 heterocycles. The molecular weight excluding hydrogens is 386 g/mol. The van der Waals surface area contributed by atoms with Crippen LogP contribution in [0.3, 0.4) is 0 Å². The summed E-state index contributed by atoms with van der Waals surface area (Å²) in [5.74, 6) is -0.980. The van der Waals surface area contributed by atoms with Gasteiger partial charge >= 0.3 is 5.97 Å². The Morgan fingerprint density at radius 2 is 1.89 bits per heavy atom. The molecule has 3 rings (SSSR count). The van der Waals surface area contributed by atoms with E-state index in [0.717, 1.165) is 16.3 Å². The van der Waals surface area contributed by atoms with Crippen LogP contribution in [0.2, 0.25) is 0 Å². The summed E-state index contributed by atoms with van der Waals surface area (Å²) in [6.07, 6.45) is 0. The van der Waals surface area contributed by atoms with Crippen molar-refractivity contribution in [1.29, 1.82) is 0 Å². The topological polar surface area (TPSA) is 51.5 Å². The first-order valence-electron chi connectivity index (χ1n) is 8.62. The minimum absolute atomic E-state index is 0. The second kappa shape index (κ2) is 9.39. The molecule has 1 N–H and O–H groups in total. The Bertz CT molecular complexity index is 903. The van der Waals surface area contributed by atoms with E-state index in [2.05, 4.69) is 18.4 Å². The van der Waals surface area contributed by atoms with Crippen molar-refractivity contribution in [3.63, 3.8) is 0 Å². The normalized spacial score (nSPS) is 13.0. The van der Waals surface area contributed by atoms with Gasteiger partial charge in [-0.25, -0.2) is 4.79 Å². The molecule has 0 aliphatic carbocycles. The van der Waals surface area contributed by atoms with E-state index in [4.69, 9.17) is 4.74 Å². The second-order valence-electron chi connectivity index (χ2n) is 6.37. The maximum absolute atomic E-state index is 12.4. The van der Waals surface area contributed by atoms with Gasteiger partial charge in [0, 0.05) is 50.0 Å². The number of ether oxygens (including phenoxy) is 1. The summed E-state index contributed by atoms with van der Waals surface area (Å²) in [6.45, 7) is 6.41. The summed E-state index contributed by atoms with van der Waals surface area (Å²) < 4.78 is 7.93. The van der Waals surface area contributed by atoms with Gasteiger partial charge in [0.25, 0.3) is 0 Å². The van der Waals surface area contributed by atoms with Gasteiger partial charge in [0.15, 0.2) is 0 Å². The Balaban J connectivity index is 0.00000261. The molecule has 27 heavy (non-hydrogen) atoms. The van der Waals surface area contributed by atoms with Crippen molar-refractivity contribution in [1.82, 2.24) is 4.57 Å². The van der Waals surface area contributed by atoms with Crippen LogP contribution in [-0.4, -0.2) is 60.0 Å². The minimum Gasteiger partial charge on any atom is -0.479 e. The maximum Gasteiger partial charge on any atom is 0.342 e. The number of carbonyl (C=O) groups is 1. The van der Waals surface area contributed by atoms with Crippen molar-refractivity contribution in [3.05, 3.63) is 70.7 Å². The molecule has 0 aliphatic rings. The number of thiophene rings is 1. The van der Waals surface area contributed by atoms with E-state index >= 15 is 0 Å². The molecule has 1 aromatic carbocycles. The molecule has 4 nitrogen and oxygen atoms in total. The second-order valence-corrected chi connectivity index (χ2v) is 7.28. The molecule has 0 spiro atoms. The standard InChI is InChI=1S/C21H23NO3S.Ca/c1-4-25-21(20(23)24,17-8-6-5-7-9-17)14-22-16(3)10-11-18(22)19-12-15(2)13-26-19;/h5-13H,4,14H2,1-3H3,(H,23,24);. The zero-order chi connectivity index (χ0) is 18.7. The zero-order valence-electron chi connectivity index (χ0n) is 15.9. The van der Waals surface area contributed by atoms with Gasteiger partial charge in [-0.3, -0.25) is 0 Å². The number of nitrogens with zero attached hydrogens (tertiary/aromatic N) is 1. The third-order valence-corrected chi connectivity index (χ3v) is 5.61. The molecule has 1 unspecified atom stereocenters. The van der Waals surface area contributed by atoms with Crippen LogP contribution in [0.15, 0.2) is 53.9 Å². The number of carboxylic acids is 1. The molecule has 0 saturated heterocycles. The number of benzene rings is 1. The summed E-state index contributed by atoms with van der Waals surface area (Å²) in [4.78, 5) is 13.5. The summed E-state index contributed by atoms with van der Waals surface area (Å²) in [7, 11) is 0. The fraction of sp³-hybridized carbons (Fsp3) is 0.286. The monoisotopic (exact) mass is 409 g/mol. The molecular formula is C21H23CaNO3S. The Labute approximate surface area is 193 Å². The third-order valence-electron chi connectivity index (χ3n) is 4.54. The molecule has 0 bridgehead atoms. The number of aliphatic carboxylic acids is 1. The SMILES string of the molecule is CCOC(Cn1c(C)ccc1-c1cc(C)cs1)(C(=O)O)c1ccccc1.[Ca]. The predicted octanol–water partition coefficient (Wildman–Crippen LogP) is 4.47. The van der Waals surface area contributed by atoms with Gasteiger partial charge in [-0.05, 0) is 55.5 Å². The predicted molar refractivity (Wildman–Crippen MR) is 110 cm³/mol. The third kappa shape index (κ3) is 4.49. The van der Waals surface area contributed by atoms with E-state index in [9.17, 15) is 9.90 Å². The van der Waals surface area contributed by atoms with Gasteiger partial charge in [-0.2, -0.15) is 0 Å². The summed E-state index contributed by atoms with van der Waals surface area (Å²) >= 11 is 1.66. The average molecular weight is 410 g/mol. The molecule has 3 aromatic rings. The number of carboxylic acid groups (broad SMARTS) is 1. The first-order valence-corrected chi connectivity index (χ1v) is 9.50. The van der Waals surface area contributed by atoms with Gasteiger partial charge in [0.05, 0.1) is 17.1 Å². The van der Waals surface area contributed by atoms with E-state index in [1.54, 1.807) is 11.3 Å². The van der Waals surface area contributed by atoms with Gasteiger partial charge in [-0.15, -0.1) is 11.3 Å². The van der Waals surface area contributed by atoms with Gasteiger partial charge in [0.1, 0.15) is 0 Å². The number of rotatable bonds is 7. The maximum atomic E-state index is 12.4. The molecule has 2 aromatic heterocycles. The molecule has 1 atom stereocenters. The van der Waals surface area contributed by atoms with E-state index in [-0.39, 0.29) is 44.3 Å². The van der Waals surface area contributed by atoms with Crippen LogP contribution in [0.4, 0.5) is 0 Å². The van der Waals surface area contributed by atoms with Crippen LogP contribution in [0.1, 0.15) is 23.7 Å². The quantitative estimate of drug-likeness (QED) is 0.586. The van der Waals surface area contributed by atoms with Gasteiger partial charge in [-0.1, -0.05) is 30.3 Å². The van der Waals surface area contributed by atoms with E-state index < -0.39 is 11.6 Å². The average Bonchev–Trinajstić information content (AvgIpc) is 3.21. The molecule has 138 valence electrons. The van der Waals surface area contributed by atoms with Crippen molar-refractivity contribution >= 4 is 55.0 Å². The minimum atomic E-state index is -1.43.